The van der Waals surface area contributed by atoms with E-state index in [-0.39, 0.29) is 11.4 Å². The minimum absolute atomic E-state index is 0.166. The van der Waals surface area contributed by atoms with Gasteiger partial charge in [-0.05, 0) is 36.0 Å². The van der Waals surface area contributed by atoms with Gasteiger partial charge in [-0.3, -0.25) is 0 Å². The van der Waals surface area contributed by atoms with Gasteiger partial charge in [-0.25, -0.2) is 4.79 Å². The van der Waals surface area contributed by atoms with Crippen LogP contribution in [-0.4, -0.2) is 17.7 Å². The molecule has 112 valence electrons. The van der Waals surface area contributed by atoms with E-state index in [2.05, 4.69) is 38.3 Å². The second-order valence-corrected chi connectivity index (χ2v) is 6.40. The van der Waals surface area contributed by atoms with Crippen LogP contribution in [-0.2, 0) is 0 Å². The lowest BCUT2D eigenvalue weighted by molar-refractivity contribution is 0.199. The quantitative estimate of drug-likeness (QED) is 0.789. The number of carbonyl (C=O) groups excluding carboxylic acids is 1. The van der Waals surface area contributed by atoms with Gasteiger partial charge >= 0.3 is 6.03 Å². The Morgan fingerprint density at radius 2 is 1.95 bits per heavy atom. The molecular formula is C16H26N2O2. The van der Waals surface area contributed by atoms with Crippen LogP contribution < -0.4 is 10.6 Å². The van der Waals surface area contributed by atoms with E-state index in [0.717, 1.165) is 5.56 Å². The van der Waals surface area contributed by atoms with Gasteiger partial charge in [0.05, 0.1) is 6.10 Å². The van der Waals surface area contributed by atoms with E-state index < -0.39 is 6.10 Å². The van der Waals surface area contributed by atoms with E-state index in [0.29, 0.717) is 18.2 Å². The smallest absolute Gasteiger partial charge is 0.319 e. The molecule has 0 heterocycles. The van der Waals surface area contributed by atoms with Crippen molar-refractivity contribution in [3.05, 3.63) is 29.8 Å². The molecule has 1 aromatic rings. The first-order valence-corrected chi connectivity index (χ1v) is 7.03. The number of nitrogens with one attached hydrogen (secondary N) is 2. The average Bonchev–Trinajstić information content (AvgIpc) is 2.35. The first-order valence-electron chi connectivity index (χ1n) is 7.03. The number of aliphatic hydroxyl groups excluding tert-OH is 1. The Kier molecular flexibility index (Phi) is 5.57. The van der Waals surface area contributed by atoms with Crippen molar-refractivity contribution in [1.29, 1.82) is 0 Å². The molecule has 0 aliphatic rings. The Balaban J connectivity index is 2.53. The number of benzene rings is 1. The van der Waals surface area contributed by atoms with Gasteiger partial charge < -0.3 is 15.7 Å². The average molecular weight is 278 g/mol. The van der Waals surface area contributed by atoms with Crippen LogP contribution in [0.1, 0.15) is 46.3 Å². The van der Waals surface area contributed by atoms with E-state index in [1.54, 1.807) is 19.1 Å². The lowest BCUT2D eigenvalue weighted by Crippen LogP contribution is -2.36. The summed E-state index contributed by atoms with van der Waals surface area (Å²) in [5.74, 6) is 0.386. The zero-order chi connectivity index (χ0) is 15.3. The molecule has 0 saturated heterocycles. The van der Waals surface area contributed by atoms with Crippen LogP contribution in [0.5, 0.6) is 0 Å². The Bertz CT molecular complexity index is 450. The Hall–Kier alpha value is -1.55. The maximum Gasteiger partial charge on any atom is 0.319 e. The highest BCUT2D eigenvalue weighted by molar-refractivity contribution is 5.89. The van der Waals surface area contributed by atoms with Gasteiger partial charge in [-0.2, -0.15) is 0 Å². The van der Waals surface area contributed by atoms with Crippen LogP contribution in [0.3, 0.4) is 0 Å². The highest BCUT2D eigenvalue weighted by atomic mass is 16.3. The lowest BCUT2D eigenvalue weighted by atomic mass is 9.82. The van der Waals surface area contributed by atoms with Gasteiger partial charge in [0.15, 0.2) is 0 Å². The number of rotatable bonds is 4. The molecule has 0 fully saturated rings. The van der Waals surface area contributed by atoms with E-state index in [1.165, 1.54) is 0 Å². The fourth-order valence-electron chi connectivity index (χ4n) is 1.60. The van der Waals surface area contributed by atoms with E-state index in [1.807, 2.05) is 12.1 Å². The predicted octanol–water partition coefficient (Wildman–Crippen LogP) is 3.54. The van der Waals surface area contributed by atoms with E-state index in [4.69, 9.17) is 0 Å². The normalized spacial score (nSPS) is 14.5. The summed E-state index contributed by atoms with van der Waals surface area (Å²) in [5.41, 5.74) is 1.63. The van der Waals surface area contributed by atoms with Gasteiger partial charge in [0.25, 0.3) is 0 Å². The molecule has 2 unspecified atom stereocenters. The van der Waals surface area contributed by atoms with Gasteiger partial charge in [-0.15, -0.1) is 0 Å². The van der Waals surface area contributed by atoms with Crippen LogP contribution in [0.4, 0.5) is 10.5 Å². The third-order valence-electron chi connectivity index (χ3n) is 3.67. The fraction of sp³-hybridized carbons (Fsp3) is 0.562. The zero-order valence-electron chi connectivity index (χ0n) is 13.0. The Morgan fingerprint density at radius 3 is 2.50 bits per heavy atom. The van der Waals surface area contributed by atoms with E-state index >= 15 is 0 Å². The molecule has 0 bridgehead atoms. The highest BCUT2D eigenvalue weighted by Crippen LogP contribution is 2.24. The number of urea groups is 1. The molecule has 20 heavy (non-hydrogen) atoms. The molecule has 0 saturated carbocycles. The van der Waals surface area contributed by atoms with E-state index in [9.17, 15) is 9.90 Å². The van der Waals surface area contributed by atoms with Crippen molar-refractivity contribution in [2.45, 2.75) is 40.7 Å². The molecule has 1 aromatic carbocycles. The Labute approximate surface area is 121 Å². The monoisotopic (exact) mass is 278 g/mol. The minimum Gasteiger partial charge on any atom is -0.389 e. The maximum absolute atomic E-state index is 11.8. The van der Waals surface area contributed by atoms with Crippen LogP contribution in [0, 0.1) is 11.3 Å². The molecule has 0 aliphatic carbocycles. The zero-order valence-corrected chi connectivity index (χ0v) is 13.0. The summed E-state index contributed by atoms with van der Waals surface area (Å²) in [6.07, 6.45) is -0.541. The first-order chi connectivity index (χ1) is 9.20. The van der Waals surface area contributed by atoms with Crippen molar-refractivity contribution in [2.24, 2.45) is 11.3 Å². The van der Waals surface area contributed by atoms with Gasteiger partial charge in [0.2, 0.25) is 0 Å². The number of amides is 2. The summed E-state index contributed by atoms with van der Waals surface area (Å²) in [5, 5.41) is 15.2. The summed E-state index contributed by atoms with van der Waals surface area (Å²) in [6.45, 7) is 10.9. The summed E-state index contributed by atoms with van der Waals surface area (Å²) < 4.78 is 0. The largest absolute Gasteiger partial charge is 0.389 e. The fourth-order valence-corrected chi connectivity index (χ4v) is 1.60. The molecule has 3 N–H and O–H groups in total. The summed E-state index contributed by atoms with van der Waals surface area (Å²) in [7, 11) is 0. The molecule has 0 radical (unpaired) electrons. The molecule has 0 spiro atoms. The number of aliphatic hydroxyl groups is 1. The van der Waals surface area contributed by atoms with Crippen molar-refractivity contribution in [3.63, 3.8) is 0 Å². The van der Waals surface area contributed by atoms with Crippen LogP contribution in [0.25, 0.3) is 0 Å². The topological polar surface area (TPSA) is 61.4 Å². The molecule has 0 aliphatic heterocycles. The second-order valence-electron chi connectivity index (χ2n) is 6.40. The SMILES string of the molecule is CC(O)c1cccc(NC(=O)NCC(C)C(C)(C)C)c1. The van der Waals surface area contributed by atoms with Gasteiger partial charge in [0.1, 0.15) is 0 Å². The van der Waals surface area contributed by atoms with Crippen LogP contribution in [0.2, 0.25) is 0 Å². The highest BCUT2D eigenvalue weighted by Gasteiger charge is 2.20. The van der Waals surface area contributed by atoms with Crippen molar-refractivity contribution >= 4 is 11.7 Å². The summed E-state index contributed by atoms with van der Waals surface area (Å²) in [4.78, 5) is 11.8. The van der Waals surface area contributed by atoms with Gasteiger partial charge in [0, 0.05) is 12.2 Å². The predicted molar refractivity (Wildman–Crippen MR) is 82.7 cm³/mol. The number of carbonyl (C=O) groups is 1. The molecular weight excluding hydrogens is 252 g/mol. The number of hydrogen-bond acceptors (Lipinski definition) is 2. The molecule has 2 atom stereocenters. The third kappa shape index (κ3) is 5.21. The summed E-state index contributed by atoms with van der Waals surface area (Å²) in [6, 6.07) is 7.00. The molecule has 2 amide bonds. The third-order valence-corrected chi connectivity index (χ3v) is 3.67. The number of anilines is 1. The first kappa shape index (κ1) is 16.5. The molecule has 0 aromatic heterocycles. The maximum atomic E-state index is 11.8. The minimum atomic E-state index is -0.541. The van der Waals surface area contributed by atoms with Crippen molar-refractivity contribution in [2.75, 3.05) is 11.9 Å². The molecule has 4 nitrogen and oxygen atoms in total. The molecule has 1 rings (SSSR count). The second kappa shape index (κ2) is 6.75. The summed E-state index contributed by atoms with van der Waals surface area (Å²) >= 11 is 0. The van der Waals surface area contributed by atoms with Crippen LogP contribution >= 0.6 is 0 Å². The van der Waals surface area contributed by atoms with Crippen molar-refractivity contribution in [3.8, 4) is 0 Å². The van der Waals surface area contributed by atoms with Gasteiger partial charge in [-0.1, -0.05) is 39.8 Å². The number of hydrogen-bond donors (Lipinski definition) is 3. The molecule has 4 heteroatoms. The standard InChI is InChI=1S/C16H26N2O2/c1-11(16(3,4)5)10-17-15(20)18-14-8-6-7-13(9-14)12(2)19/h6-9,11-12,19H,10H2,1-5H3,(H2,17,18,20). The van der Waals surface area contributed by atoms with Crippen LogP contribution in [0.15, 0.2) is 24.3 Å². The Morgan fingerprint density at radius 1 is 1.30 bits per heavy atom. The van der Waals surface area contributed by atoms with Crippen molar-refractivity contribution < 1.29 is 9.90 Å². The van der Waals surface area contributed by atoms with Crippen molar-refractivity contribution in [1.82, 2.24) is 5.32 Å². The lowest BCUT2D eigenvalue weighted by Gasteiger charge is -2.27.